The molecule has 1 aliphatic rings. The summed E-state index contributed by atoms with van der Waals surface area (Å²) in [4.78, 5) is 12.6. The zero-order valence-electron chi connectivity index (χ0n) is 12.1. The number of nitrogens with zero attached hydrogens (tertiary/aromatic N) is 3. The minimum atomic E-state index is -0.839. The van der Waals surface area contributed by atoms with Crippen molar-refractivity contribution >= 4 is 10.8 Å². The van der Waals surface area contributed by atoms with Crippen LogP contribution in [0.5, 0.6) is 5.88 Å². The molecule has 1 unspecified atom stereocenters. The van der Waals surface area contributed by atoms with Gasteiger partial charge in [0.05, 0.1) is 17.3 Å². The van der Waals surface area contributed by atoms with Gasteiger partial charge < -0.3 is 10.2 Å². The summed E-state index contributed by atoms with van der Waals surface area (Å²) >= 11 is 0. The van der Waals surface area contributed by atoms with Crippen LogP contribution in [0.25, 0.3) is 16.5 Å². The van der Waals surface area contributed by atoms with Gasteiger partial charge in [-0.1, -0.05) is 24.3 Å². The van der Waals surface area contributed by atoms with Crippen LogP contribution in [0.3, 0.4) is 0 Å². The Kier molecular flexibility index (Phi) is 2.80. The molecule has 23 heavy (non-hydrogen) atoms. The Bertz CT molecular complexity index is 1040. The molecule has 0 saturated heterocycles. The van der Waals surface area contributed by atoms with Gasteiger partial charge in [-0.15, -0.1) is 0 Å². The molecule has 0 saturated carbocycles. The maximum Gasteiger partial charge on any atom is 0.336 e. The fourth-order valence-corrected chi connectivity index (χ4v) is 3.28. The van der Waals surface area contributed by atoms with E-state index in [1.54, 1.807) is 24.3 Å². The van der Waals surface area contributed by atoms with E-state index in [0.717, 1.165) is 0 Å². The number of aliphatic hydroxyl groups excluding tert-OH is 1. The highest BCUT2D eigenvalue weighted by molar-refractivity contribution is 5.94. The van der Waals surface area contributed by atoms with Gasteiger partial charge in [-0.05, 0) is 18.6 Å². The van der Waals surface area contributed by atoms with Crippen LogP contribution in [-0.4, -0.2) is 19.3 Å². The molecule has 6 heteroatoms. The van der Waals surface area contributed by atoms with Gasteiger partial charge in [0.1, 0.15) is 11.8 Å². The second kappa shape index (κ2) is 4.73. The molecule has 2 N–H and O–H groups in total. The SMILES string of the molecule is N#Cc1ccc(-n2c(O)c3n(c2=O)CCC3O)c2ccccc12. The van der Waals surface area contributed by atoms with Gasteiger partial charge in [-0.2, -0.15) is 5.26 Å². The molecule has 0 bridgehead atoms. The molecule has 4 rings (SSSR count). The second-order valence-corrected chi connectivity index (χ2v) is 5.57. The van der Waals surface area contributed by atoms with E-state index < -0.39 is 6.10 Å². The average molecular weight is 307 g/mol. The summed E-state index contributed by atoms with van der Waals surface area (Å²) in [6.45, 7) is 0.379. The maximum absolute atomic E-state index is 12.6. The first-order chi connectivity index (χ1) is 11.1. The molecule has 1 aliphatic heterocycles. The van der Waals surface area contributed by atoms with Crippen molar-refractivity contribution in [1.82, 2.24) is 9.13 Å². The van der Waals surface area contributed by atoms with Gasteiger partial charge >= 0.3 is 5.69 Å². The predicted molar refractivity (Wildman–Crippen MR) is 83.5 cm³/mol. The van der Waals surface area contributed by atoms with Crippen molar-refractivity contribution in [2.24, 2.45) is 0 Å². The molecular formula is C17H13N3O3. The van der Waals surface area contributed by atoms with Crippen LogP contribution < -0.4 is 5.69 Å². The van der Waals surface area contributed by atoms with Gasteiger partial charge in [0.15, 0.2) is 0 Å². The summed E-state index contributed by atoms with van der Waals surface area (Å²) in [5.74, 6) is -0.241. The van der Waals surface area contributed by atoms with Crippen molar-refractivity contribution in [3.8, 4) is 17.6 Å². The van der Waals surface area contributed by atoms with Crippen molar-refractivity contribution in [2.75, 3.05) is 0 Å². The highest BCUT2D eigenvalue weighted by Gasteiger charge is 2.31. The van der Waals surface area contributed by atoms with Crippen molar-refractivity contribution in [3.63, 3.8) is 0 Å². The Morgan fingerprint density at radius 2 is 1.91 bits per heavy atom. The Labute approximate surface area is 131 Å². The molecule has 0 spiro atoms. The van der Waals surface area contributed by atoms with Gasteiger partial charge in [-0.3, -0.25) is 4.57 Å². The zero-order valence-corrected chi connectivity index (χ0v) is 12.1. The summed E-state index contributed by atoms with van der Waals surface area (Å²) in [5, 5.41) is 31.1. The first kappa shape index (κ1) is 13.6. The monoisotopic (exact) mass is 307 g/mol. The molecule has 2 heterocycles. The smallest absolute Gasteiger partial charge is 0.336 e. The molecule has 0 radical (unpaired) electrons. The Morgan fingerprint density at radius 3 is 2.61 bits per heavy atom. The highest BCUT2D eigenvalue weighted by Crippen LogP contribution is 2.35. The number of hydrogen-bond donors (Lipinski definition) is 2. The standard InChI is InChI=1S/C17H13N3O3/c18-9-10-5-6-13(12-4-2-1-3-11(10)12)20-16(22)15-14(21)7-8-19(15)17(20)23/h1-6,14,21-22H,7-8H2. The molecule has 0 aliphatic carbocycles. The van der Waals surface area contributed by atoms with Crippen LogP contribution in [0.4, 0.5) is 0 Å². The van der Waals surface area contributed by atoms with Crippen molar-refractivity contribution in [2.45, 2.75) is 19.1 Å². The molecule has 0 fully saturated rings. The summed E-state index contributed by atoms with van der Waals surface area (Å²) in [5.41, 5.74) is 0.868. The summed E-state index contributed by atoms with van der Waals surface area (Å²) < 4.78 is 2.59. The number of nitriles is 1. The lowest BCUT2D eigenvalue weighted by Gasteiger charge is -2.10. The fraction of sp³-hybridized carbons (Fsp3) is 0.176. The van der Waals surface area contributed by atoms with Crippen LogP contribution in [0.15, 0.2) is 41.2 Å². The molecule has 114 valence electrons. The first-order valence-corrected chi connectivity index (χ1v) is 7.28. The molecule has 2 aromatic carbocycles. The fourth-order valence-electron chi connectivity index (χ4n) is 3.28. The number of hydrogen-bond acceptors (Lipinski definition) is 4. The van der Waals surface area contributed by atoms with Gasteiger partial charge in [0.25, 0.3) is 0 Å². The molecule has 1 atom stereocenters. The van der Waals surface area contributed by atoms with E-state index in [9.17, 15) is 20.3 Å². The minimum Gasteiger partial charge on any atom is -0.493 e. The third kappa shape index (κ3) is 1.74. The van der Waals surface area contributed by atoms with E-state index in [4.69, 9.17) is 0 Å². The van der Waals surface area contributed by atoms with E-state index in [0.29, 0.717) is 35.0 Å². The Morgan fingerprint density at radius 1 is 1.17 bits per heavy atom. The number of fused-ring (bicyclic) bond motifs is 2. The van der Waals surface area contributed by atoms with Gasteiger partial charge in [0.2, 0.25) is 5.88 Å². The highest BCUT2D eigenvalue weighted by atomic mass is 16.3. The van der Waals surface area contributed by atoms with Crippen LogP contribution in [0.2, 0.25) is 0 Å². The van der Waals surface area contributed by atoms with Crippen molar-refractivity contribution in [1.29, 1.82) is 5.26 Å². The van der Waals surface area contributed by atoms with Gasteiger partial charge in [-0.25, -0.2) is 9.36 Å². The van der Waals surface area contributed by atoms with Gasteiger partial charge in [0, 0.05) is 17.3 Å². The summed E-state index contributed by atoms with van der Waals surface area (Å²) in [6.07, 6.45) is -0.416. The maximum atomic E-state index is 12.6. The van der Waals surface area contributed by atoms with Crippen molar-refractivity contribution < 1.29 is 10.2 Å². The van der Waals surface area contributed by atoms with Crippen molar-refractivity contribution in [3.05, 3.63) is 58.1 Å². The molecular weight excluding hydrogens is 294 g/mol. The third-order valence-corrected chi connectivity index (χ3v) is 4.36. The number of aromatic hydroxyl groups is 1. The largest absolute Gasteiger partial charge is 0.493 e. The lowest BCUT2D eigenvalue weighted by Crippen LogP contribution is -2.22. The lowest BCUT2D eigenvalue weighted by atomic mass is 10.0. The van der Waals surface area contributed by atoms with Crippen LogP contribution in [-0.2, 0) is 6.54 Å². The number of aliphatic hydroxyl groups is 1. The van der Waals surface area contributed by atoms with E-state index in [1.165, 1.54) is 9.13 Å². The van der Waals surface area contributed by atoms with E-state index in [-0.39, 0.29) is 17.3 Å². The predicted octanol–water partition coefficient (Wildman–Crippen LogP) is 1.81. The lowest BCUT2D eigenvalue weighted by molar-refractivity contribution is 0.175. The van der Waals surface area contributed by atoms with Crippen LogP contribution in [0, 0.1) is 11.3 Å². The first-order valence-electron chi connectivity index (χ1n) is 7.28. The summed E-state index contributed by atoms with van der Waals surface area (Å²) in [7, 11) is 0. The minimum absolute atomic E-state index is 0.241. The van der Waals surface area contributed by atoms with Crippen LogP contribution in [0.1, 0.15) is 23.8 Å². The van der Waals surface area contributed by atoms with E-state index in [2.05, 4.69) is 6.07 Å². The zero-order chi connectivity index (χ0) is 16.1. The number of rotatable bonds is 1. The van der Waals surface area contributed by atoms with E-state index in [1.807, 2.05) is 12.1 Å². The average Bonchev–Trinajstić information content (AvgIpc) is 3.07. The normalized spacial score (nSPS) is 16.4. The number of imidazole rings is 1. The summed E-state index contributed by atoms with van der Waals surface area (Å²) in [6, 6.07) is 12.6. The molecule has 6 nitrogen and oxygen atoms in total. The quantitative estimate of drug-likeness (QED) is 0.717. The number of benzene rings is 2. The Hall–Kier alpha value is -3.04. The third-order valence-electron chi connectivity index (χ3n) is 4.36. The molecule has 3 aromatic rings. The molecule has 1 aromatic heterocycles. The Balaban J connectivity index is 2.09. The molecule has 0 amide bonds. The number of aromatic nitrogens is 2. The topological polar surface area (TPSA) is 91.2 Å². The second-order valence-electron chi connectivity index (χ2n) is 5.57. The van der Waals surface area contributed by atoms with E-state index >= 15 is 0 Å². The van der Waals surface area contributed by atoms with Crippen LogP contribution >= 0.6 is 0 Å².